The van der Waals surface area contributed by atoms with Gasteiger partial charge in [-0.1, -0.05) is 48.5 Å². The van der Waals surface area contributed by atoms with Crippen molar-refractivity contribution >= 4 is 17.7 Å². The molecule has 2 aromatic heterocycles. The molecule has 4 aromatic rings. The molecule has 0 saturated carbocycles. The van der Waals surface area contributed by atoms with Crippen molar-refractivity contribution in [2.75, 3.05) is 7.05 Å². The normalized spacial score (nSPS) is 11.5. The maximum absolute atomic E-state index is 14.1. The van der Waals surface area contributed by atoms with Gasteiger partial charge in [0.2, 0.25) is 0 Å². The van der Waals surface area contributed by atoms with Gasteiger partial charge in [0.1, 0.15) is 17.3 Å². The number of hydrogen-bond acceptors (Lipinski definition) is 5. The lowest BCUT2D eigenvalue weighted by atomic mass is 10.2. The summed E-state index contributed by atoms with van der Waals surface area (Å²) in [6, 6.07) is 19.1. The van der Waals surface area contributed by atoms with Crippen molar-refractivity contribution in [2.24, 2.45) is 0 Å². The second-order valence-corrected chi connectivity index (χ2v) is 6.58. The van der Waals surface area contributed by atoms with Crippen LogP contribution in [0.3, 0.4) is 0 Å². The number of furan rings is 1. The van der Waals surface area contributed by atoms with Crippen LogP contribution >= 0.6 is 0 Å². The molecule has 0 radical (unpaired) electrons. The van der Waals surface area contributed by atoms with Gasteiger partial charge in [-0.3, -0.25) is 4.79 Å². The van der Waals surface area contributed by atoms with Crippen LogP contribution in [0.5, 0.6) is 0 Å². The zero-order chi connectivity index (χ0) is 20.9. The Morgan fingerprint density at radius 3 is 2.60 bits per heavy atom. The number of halogens is 1. The van der Waals surface area contributed by atoms with Crippen LogP contribution < -0.4 is 0 Å². The summed E-state index contributed by atoms with van der Waals surface area (Å²) >= 11 is 0. The number of hydrogen-bond donors (Lipinski definition) is 0. The lowest BCUT2D eigenvalue weighted by Crippen LogP contribution is -2.30. The third-order valence-electron chi connectivity index (χ3n) is 4.48. The van der Waals surface area contributed by atoms with Crippen LogP contribution in [0.2, 0.25) is 0 Å². The SMILES string of the molecule is CN(Cc1ccccc1F)C(=O)/C(=C/c1ccco1)n1nnnc1-c1ccccc1. The molecule has 0 spiro atoms. The molecule has 0 aliphatic heterocycles. The number of carbonyl (C=O) groups excluding carboxylic acids is 1. The largest absolute Gasteiger partial charge is 0.465 e. The Labute approximate surface area is 172 Å². The second-order valence-electron chi connectivity index (χ2n) is 6.58. The number of amides is 1. The van der Waals surface area contributed by atoms with Crippen molar-refractivity contribution in [3.8, 4) is 11.4 Å². The fourth-order valence-corrected chi connectivity index (χ4v) is 2.99. The third kappa shape index (κ3) is 4.02. The summed E-state index contributed by atoms with van der Waals surface area (Å²) in [7, 11) is 1.59. The predicted octanol–water partition coefficient (Wildman–Crippen LogP) is 3.73. The van der Waals surface area contributed by atoms with E-state index in [4.69, 9.17) is 4.42 Å². The summed E-state index contributed by atoms with van der Waals surface area (Å²) in [5.74, 6) is 0.105. The summed E-state index contributed by atoms with van der Waals surface area (Å²) < 4.78 is 20.8. The molecule has 0 bridgehead atoms. The van der Waals surface area contributed by atoms with Crippen molar-refractivity contribution in [1.29, 1.82) is 0 Å². The van der Waals surface area contributed by atoms with E-state index in [1.165, 1.54) is 21.9 Å². The zero-order valence-corrected chi connectivity index (χ0v) is 16.1. The van der Waals surface area contributed by atoms with E-state index in [0.717, 1.165) is 5.56 Å². The maximum atomic E-state index is 14.1. The van der Waals surface area contributed by atoms with Crippen molar-refractivity contribution in [3.05, 3.63) is 90.1 Å². The number of aromatic nitrogens is 4. The first-order chi connectivity index (χ1) is 14.6. The molecule has 4 rings (SSSR count). The molecule has 0 unspecified atom stereocenters. The number of nitrogens with zero attached hydrogens (tertiary/aromatic N) is 5. The van der Waals surface area contributed by atoms with E-state index in [1.807, 2.05) is 30.3 Å². The molecule has 0 atom stereocenters. The monoisotopic (exact) mass is 403 g/mol. The molecule has 2 aromatic carbocycles. The highest BCUT2D eigenvalue weighted by Crippen LogP contribution is 2.22. The van der Waals surface area contributed by atoms with Crippen molar-refractivity contribution in [2.45, 2.75) is 6.54 Å². The molecule has 30 heavy (non-hydrogen) atoms. The standard InChI is InChI=1S/C22H18FN5O2/c1-27(15-17-10-5-6-12-19(17)23)22(29)20(14-18-11-7-13-30-18)28-21(24-25-26-28)16-8-3-2-4-9-16/h2-14H,15H2,1H3/b20-14-. The molecule has 1 amide bonds. The molecule has 8 heteroatoms. The zero-order valence-electron chi connectivity index (χ0n) is 16.1. The Bertz CT molecular complexity index is 1170. The van der Waals surface area contributed by atoms with E-state index in [2.05, 4.69) is 15.5 Å². The van der Waals surface area contributed by atoms with Gasteiger partial charge in [0, 0.05) is 30.8 Å². The summed E-state index contributed by atoms with van der Waals surface area (Å²) in [5, 5.41) is 11.9. The summed E-state index contributed by atoms with van der Waals surface area (Å²) in [6.45, 7) is 0.0871. The number of rotatable bonds is 6. The van der Waals surface area contributed by atoms with Gasteiger partial charge >= 0.3 is 0 Å². The molecule has 0 aliphatic carbocycles. The predicted molar refractivity (Wildman–Crippen MR) is 109 cm³/mol. The first-order valence-electron chi connectivity index (χ1n) is 9.22. The van der Waals surface area contributed by atoms with Crippen LogP contribution in [0.25, 0.3) is 23.2 Å². The fraction of sp³-hybridized carbons (Fsp3) is 0.0909. The minimum Gasteiger partial charge on any atom is -0.465 e. The smallest absolute Gasteiger partial charge is 0.272 e. The van der Waals surface area contributed by atoms with Crippen molar-refractivity contribution in [3.63, 3.8) is 0 Å². The molecule has 2 heterocycles. The van der Waals surface area contributed by atoms with E-state index >= 15 is 0 Å². The van der Waals surface area contributed by atoms with Crippen LogP contribution in [0.15, 0.2) is 77.4 Å². The van der Waals surface area contributed by atoms with Crippen LogP contribution in [0.4, 0.5) is 4.39 Å². The van der Waals surface area contributed by atoms with E-state index in [1.54, 1.807) is 43.5 Å². The highest BCUT2D eigenvalue weighted by molar-refractivity contribution is 6.18. The van der Waals surface area contributed by atoms with Gasteiger partial charge < -0.3 is 9.32 Å². The van der Waals surface area contributed by atoms with Crippen LogP contribution in [0.1, 0.15) is 11.3 Å². The minimum atomic E-state index is -0.390. The van der Waals surface area contributed by atoms with Crippen molar-refractivity contribution < 1.29 is 13.6 Å². The van der Waals surface area contributed by atoms with E-state index < -0.39 is 0 Å². The second kappa shape index (κ2) is 8.52. The van der Waals surface area contributed by atoms with E-state index in [-0.39, 0.29) is 24.0 Å². The van der Waals surface area contributed by atoms with Gasteiger partial charge in [-0.05, 0) is 28.6 Å². The van der Waals surface area contributed by atoms with Crippen LogP contribution in [-0.2, 0) is 11.3 Å². The van der Waals surface area contributed by atoms with Gasteiger partial charge in [-0.15, -0.1) is 5.10 Å². The van der Waals surface area contributed by atoms with Gasteiger partial charge in [0.25, 0.3) is 5.91 Å². The highest BCUT2D eigenvalue weighted by Gasteiger charge is 2.23. The molecular weight excluding hydrogens is 385 g/mol. The first kappa shape index (κ1) is 19.3. The lowest BCUT2D eigenvalue weighted by molar-refractivity contribution is -0.124. The van der Waals surface area contributed by atoms with Crippen molar-refractivity contribution in [1.82, 2.24) is 25.1 Å². The molecule has 0 fully saturated rings. The van der Waals surface area contributed by atoms with Gasteiger partial charge in [-0.25, -0.2) is 4.39 Å². The molecule has 150 valence electrons. The number of carbonyl (C=O) groups is 1. The minimum absolute atomic E-state index is 0.0871. The fourth-order valence-electron chi connectivity index (χ4n) is 2.99. The number of likely N-dealkylation sites (N-methyl/N-ethyl adjacent to an activating group) is 1. The average Bonchev–Trinajstić information content (AvgIpc) is 3.46. The molecular formula is C22H18FN5O2. The summed E-state index contributed by atoms with van der Waals surface area (Å²) in [5.41, 5.74) is 1.33. The molecule has 0 N–H and O–H groups in total. The topological polar surface area (TPSA) is 77.0 Å². The highest BCUT2D eigenvalue weighted by atomic mass is 19.1. The Kier molecular flexibility index (Phi) is 5.47. The van der Waals surface area contributed by atoms with Crippen LogP contribution in [0, 0.1) is 5.82 Å². The summed E-state index contributed by atoms with van der Waals surface area (Å²) in [6.07, 6.45) is 3.07. The molecule has 0 saturated heterocycles. The quantitative estimate of drug-likeness (QED) is 0.459. The first-order valence-corrected chi connectivity index (χ1v) is 9.22. The lowest BCUT2D eigenvalue weighted by Gasteiger charge is -2.19. The van der Waals surface area contributed by atoms with E-state index in [0.29, 0.717) is 17.1 Å². The molecule has 7 nitrogen and oxygen atoms in total. The molecule has 0 aliphatic rings. The Hall–Kier alpha value is -4.07. The van der Waals surface area contributed by atoms with Gasteiger partial charge in [0.05, 0.1) is 6.26 Å². The Balaban J connectivity index is 1.73. The number of benzene rings is 2. The average molecular weight is 403 g/mol. The van der Waals surface area contributed by atoms with Gasteiger partial charge in [-0.2, -0.15) is 4.68 Å². The maximum Gasteiger partial charge on any atom is 0.272 e. The van der Waals surface area contributed by atoms with Gasteiger partial charge in [0.15, 0.2) is 5.82 Å². The Morgan fingerprint density at radius 1 is 1.10 bits per heavy atom. The van der Waals surface area contributed by atoms with E-state index in [9.17, 15) is 9.18 Å². The van der Waals surface area contributed by atoms with Crippen LogP contribution in [-0.4, -0.2) is 38.1 Å². The Morgan fingerprint density at radius 2 is 1.87 bits per heavy atom. The number of tetrazole rings is 1. The summed E-state index contributed by atoms with van der Waals surface area (Å²) in [4.78, 5) is 14.8. The third-order valence-corrected chi connectivity index (χ3v) is 4.48.